The molecule has 78 valence electrons. The maximum Gasteiger partial charge on any atom is 0.256 e. The number of nitrogen functional groups attached to an aromatic ring is 1. The number of methoxy groups -OCH3 is 2. The van der Waals surface area contributed by atoms with Crippen LogP contribution < -0.4 is 15.2 Å². The van der Waals surface area contributed by atoms with Crippen LogP contribution in [0.5, 0.6) is 11.6 Å². The lowest BCUT2D eigenvalue weighted by molar-refractivity contribution is 0.143. The molecular weight excluding hydrogens is 184 g/mol. The summed E-state index contributed by atoms with van der Waals surface area (Å²) in [5.41, 5.74) is 6.10. The molecule has 5 nitrogen and oxygen atoms in total. The summed E-state index contributed by atoms with van der Waals surface area (Å²) < 4.78 is 15.2. The Bertz CT molecular complexity index is 291. The van der Waals surface area contributed by atoms with Crippen LogP contribution in [0.1, 0.15) is 0 Å². The van der Waals surface area contributed by atoms with Crippen molar-refractivity contribution in [3.05, 3.63) is 12.3 Å². The van der Waals surface area contributed by atoms with Crippen LogP contribution in [-0.4, -0.2) is 32.4 Å². The van der Waals surface area contributed by atoms with Crippen molar-refractivity contribution in [1.29, 1.82) is 0 Å². The van der Waals surface area contributed by atoms with E-state index in [9.17, 15) is 0 Å². The average molecular weight is 198 g/mol. The van der Waals surface area contributed by atoms with Gasteiger partial charge in [0.1, 0.15) is 6.61 Å². The molecule has 0 aliphatic carbocycles. The molecular formula is C9H14N2O3. The van der Waals surface area contributed by atoms with Crippen molar-refractivity contribution in [2.45, 2.75) is 0 Å². The summed E-state index contributed by atoms with van der Waals surface area (Å²) >= 11 is 0. The topological polar surface area (TPSA) is 66.6 Å². The third-order valence-electron chi connectivity index (χ3n) is 1.58. The molecule has 0 bridgehead atoms. The molecule has 0 saturated carbocycles. The number of hydrogen-bond donors (Lipinski definition) is 1. The highest BCUT2D eigenvalue weighted by Gasteiger charge is 2.05. The van der Waals surface area contributed by atoms with Crippen LogP contribution in [0, 0.1) is 0 Å². The summed E-state index contributed by atoms with van der Waals surface area (Å²) in [6.45, 7) is 0.954. The van der Waals surface area contributed by atoms with E-state index in [1.807, 2.05) is 0 Å². The van der Waals surface area contributed by atoms with Crippen LogP contribution >= 0.6 is 0 Å². The van der Waals surface area contributed by atoms with E-state index in [1.54, 1.807) is 13.2 Å². The molecule has 0 amide bonds. The van der Waals surface area contributed by atoms with E-state index < -0.39 is 0 Å². The van der Waals surface area contributed by atoms with Gasteiger partial charge in [-0.15, -0.1) is 0 Å². The van der Waals surface area contributed by atoms with Crippen LogP contribution in [0.25, 0.3) is 0 Å². The molecule has 1 rings (SSSR count). The van der Waals surface area contributed by atoms with E-state index in [0.29, 0.717) is 30.5 Å². The number of nitrogens with two attached hydrogens (primary N) is 1. The standard InChI is InChI=1S/C9H14N2O3/c1-12-3-4-14-8-5-7(10)6-11-9(8)13-2/h5-6H,3-4,10H2,1-2H3. The molecule has 1 aromatic heterocycles. The second kappa shape index (κ2) is 5.29. The molecule has 1 aromatic rings. The van der Waals surface area contributed by atoms with Gasteiger partial charge >= 0.3 is 0 Å². The molecule has 0 saturated heterocycles. The molecule has 1 heterocycles. The van der Waals surface area contributed by atoms with E-state index in [4.69, 9.17) is 19.9 Å². The van der Waals surface area contributed by atoms with Crippen molar-refractivity contribution >= 4 is 5.69 Å². The SMILES string of the molecule is COCCOc1cc(N)cnc1OC. The van der Waals surface area contributed by atoms with Gasteiger partial charge in [0.05, 0.1) is 25.6 Å². The van der Waals surface area contributed by atoms with Gasteiger partial charge < -0.3 is 19.9 Å². The van der Waals surface area contributed by atoms with Gasteiger partial charge in [0, 0.05) is 13.2 Å². The lowest BCUT2D eigenvalue weighted by atomic mass is 10.4. The number of pyridine rings is 1. The predicted molar refractivity (Wildman–Crippen MR) is 52.6 cm³/mol. The molecule has 5 heteroatoms. The number of aromatic nitrogens is 1. The first-order valence-electron chi connectivity index (χ1n) is 4.19. The summed E-state index contributed by atoms with van der Waals surface area (Å²) in [4.78, 5) is 3.96. The minimum Gasteiger partial charge on any atom is -0.485 e. The highest BCUT2D eigenvalue weighted by atomic mass is 16.5. The number of nitrogens with zero attached hydrogens (tertiary/aromatic N) is 1. The van der Waals surface area contributed by atoms with Gasteiger partial charge in [-0.05, 0) is 0 Å². The predicted octanol–water partition coefficient (Wildman–Crippen LogP) is 0.698. The molecule has 2 N–H and O–H groups in total. The Kier molecular flexibility index (Phi) is 4.00. The molecule has 0 radical (unpaired) electrons. The van der Waals surface area contributed by atoms with Gasteiger partial charge in [-0.2, -0.15) is 0 Å². The maximum atomic E-state index is 5.56. The van der Waals surface area contributed by atoms with Crippen molar-refractivity contribution in [3.63, 3.8) is 0 Å². The van der Waals surface area contributed by atoms with Crippen molar-refractivity contribution in [3.8, 4) is 11.6 Å². The minimum absolute atomic E-state index is 0.426. The summed E-state index contributed by atoms with van der Waals surface area (Å²) in [6, 6.07) is 1.67. The summed E-state index contributed by atoms with van der Waals surface area (Å²) in [6.07, 6.45) is 1.52. The van der Waals surface area contributed by atoms with Crippen molar-refractivity contribution in [1.82, 2.24) is 4.98 Å². The first-order valence-corrected chi connectivity index (χ1v) is 4.19. The molecule has 0 unspecified atom stereocenters. The third kappa shape index (κ3) is 2.77. The molecule has 0 fully saturated rings. The van der Waals surface area contributed by atoms with Crippen molar-refractivity contribution in [2.24, 2.45) is 0 Å². The molecule has 0 spiro atoms. The Balaban J connectivity index is 2.67. The van der Waals surface area contributed by atoms with E-state index in [2.05, 4.69) is 4.98 Å². The van der Waals surface area contributed by atoms with Crippen LogP contribution in [-0.2, 0) is 4.74 Å². The zero-order valence-electron chi connectivity index (χ0n) is 8.32. The fourth-order valence-corrected chi connectivity index (χ4v) is 0.939. The number of hydrogen-bond acceptors (Lipinski definition) is 5. The molecule has 0 aromatic carbocycles. The smallest absolute Gasteiger partial charge is 0.256 e. The number of ether oxygens (including phenoxy) is 3. The largest absolute Gasteiger partial charge is 0.485 e. The third-order valence-corrected chi connectivity index (χ3v) is 1.58. The minimum atomic E-state index is 0.426. The summed E-state index contributed by atoms with van der Waals surface area (Å²) in [7, 11) is 3.14. The number of rotatable bonds is 5. The Morgan fingerprint density at radius 1 is 1.36 bits per heavy atom. The number of anilines is 1. The Morgan fingerprint density at radius 2 is 2.14 bits per heavy atom. The van der Waals surface area contributed by atoms with E-state index in [0.717, 1.165) is 0 Å². The summed E-state index contributed by atoms with van der Waals surface area (Å²) in [5, 5.41) is 0. The van der Waals surface area contributed by atoms with Crippen LogP contribution in [0.2, 0.25) is 0 Å². The normalized spacial score (nSPS) is 9.86. The summed E-state index contributed by atoms with van der Waals surface area (Å²) in [5.74, 6) is 0.958. The monoisotopic (exact) mass is 198 g/mol. The fraction of sp³-hybridized carbons (Fsp3) is 0.444. The van der Waals surface area contributed by atoms with Crippen LogP contribution in [0.3, 0.4) is 0 Å². The average Bonchev–Trinajstić information content (AvgIpc) is 2.19. The zero-order chi connectivity index (χ0) is 10.4. The second-order valence-electron chi connectivity index (χ2n) is 2.62. The van der Waals surface area contributed by atoms with E-state index in [-0.39, 0.29) is 0 Å². The van der Waals surface area contributed by atoms with E-state index in [1.165, 1.54) is 13.3 Å². The first kappa shape index (κ1) is 10.6. The molecule has 0 aliphatic rings. The highest BCUT2D eigenvalue weighted by Crippen LogP contribution is 2.25. The molecule has 0 atom stereocenters. The quantitative estimate of drug-likeness (QED) is 0.705. The first-order chi connectivity index (χ1) is 6.77. The molecule has 0 aliphatic heterocycles. The Hall–Kier alpha value is -1.49. The van der Waals surface area contributed by atoms with Gasteiger partial charge in [-0.3, -0.25) is 0 Å². The lowest BCUT2D eigenvalue weighted by Gasteiger charge is -2.09. The fourth-order valence-electron chi connectivity index (χ4n) is 0.939. The van der Waals surface area contributed by atoms with Gasteiger partial charge in [-0.1, -0.05) is 0 Å². The van der Waals surface area contributed by atoms with Crippen molar-refractivity contribution < 1.29 is 14.2 Å². The maximum absolute atomic E-state index is 5.56. The van der Waals surface area contributed by atoms with Crippen LogP contribution in [0.4, 0.5) is 5.69 Å². The van der Waals surface area contributed by atoms with Gasteiger partial charge in [0.2, 0.25) is 0 Å². The zero-order valence-corrected chi connectivity index (χ0v) is 8.32. The molecule has 14 heavy (non-hydrogen) atoms. The Labute approximate surface area is 82.8 Å². The highest BCUT2D eigenvalue weighted by molar-refractivity contribution is 5.46. The van der Waals surface area contributed by atoms with Gasteiger partial charge in [-0.25, -0.2) is 4.98 Å². The van der Waals surface area contributed by atoms with E-state index >= 15 is 0 Å². The van der Waals surface area contributed by atoms with Crippen molar-refractivity contribution in [2.75, 3.05) is 33.2 Å². The van der Waals surface area contributed by atoms with Crippen LogP contribution in [0.15, 0.2) is 12.3 Å². The lowest BCUT2D eigenvalue weighted by Crippen LogP contribution is -2.06. The van der Waals surface area contributed by atoms with Gasteiger partial charge in [0.25, 0.3) is 5.88 Å². The Morgan fingerprint density at radius 3 is 2.79 bits per heavy atom. The second-order valence-corrected chi connectivity index (χ2v) is 2.62. The van der Waals surface area contributed by atoms with Gasteiger partial charge in [0.15, 0.2) is 5.75 Å².